The summed E-state index contributed by atoms with van der Waals surface area (Å²) in [5.74, 6) is 0.0832. The van der Waals surface area contributed by atoms with Gasteiger partial charge in [-0.1, -0.05) is 12.2 Å². The fourth-order valence-corrected chi connectivity index (χ4v) is 2.06. The molecule has 0 radical (unpaired) electrons. The first-order chi connectivity index (χ1) is 9.08. The Hall–Kier alpha value is -1.81. The Morgan fingerprint density at radius 2 is 2.16 bits per heavy atom. The molecule has 2 rings (SSSR count). The number of rotatable bonds is 4. The van der Waals surface area contributed by atoms with Gasteiger partial charge in [0.1, 0.15) is 0 Å². The highest BCUT2D eigenvalue weighted by atomic mass is 16.2. The van der Waals surface area contributed by atoms with Gasteiger partial charge >= 0.3 is 0 Å². The number of carbonyl (C=O) groups excluding carboxylic acids is 1. The van der Waals surface area contributed by atoms with E-state index in [1.54, 1.807) is 4.90 Å². The van der Waals surface area contributed by atoms with Crippen molar-refractivity contribution in [3.8, 4) is 0 Å². The molecule has 4 heteroatoms. The van der Waals surface area contributed by atoms with E-state index in [4.69, 9.17) is 0 Å². The van der Waals surface area contributed by atoms with Crippen LogP contribution in [0.3, 0.4) is 0 Å². The second-order valence-corrected chi connectivity index (χ2v) is 5.12. The van der Waals surface area contributed by atoms with Crippen molar-refractivity contribution < 1.29 is 4.79 Å². The molecule has 1 N–H and O–H groups in total. The van der Waals surface area contributed by atoms with Crippen LogP contribution in [-0.4, -0.2) is 56.5 Å². The smallest absolute Gasteiger partial charge is 0.254 e. The maximum absolute atomic E-state index is 12.1. The molecule has 0 aliphatic carbocycles. The Morgan fingerprint density at radius 3 is 2.89 bits per heavy atom. The Balaban J connectivity index is 2.14. The van der Waals surface area contributed by atoms with Crippen molar-refractivity contribution >= 4 is 17.7 Å². The molecule has 0 atom stereocenters. The lowest BCUT2D eigenvalue weighted by molar-refractivity contribution is 0.0811. The van der Waals surface area contributed by atoms with E-state index in [2.05, 4.69) is 24.3 Å². The highest BCUT2D eigenvalue weighted by Gasteiger charge is 2.16. The molecule has 1 heterocycles. The normalized spacial score (nSPS) is 14.5. The van der Waals surface area contributed by atoms with Crippen LogP contribution < -0.4 is 5.32 Å². The third-order valence-electron chi connectivity index (χ3n) is 3.19. The average molecular weight is 259 g/mol. The van der Waals surface area contributed by atoms with E-state index in [-0.39, 0.29) is 5.91 Å². The van der Waals surface area contributed by atoms with Crippen molar-refractivity contribution in [3.63, 3.8) is 0 Å². The molecule has 1 aromatic rings. The standard InChI is InChI=1S/C15H21N3O/c1-17(2)10-8-16-13-6-7-14-12(11-13)5-4-9-18(3)15(14)19/h4-7,11,16H,8-10H2,1-3H3. The van der Waals surface area contributed by atoms with Crippen LogP contribution in [0, 0.1) is 0 Å². The van der Waals surface area contributed by atoms with E-state index in [0.717, 1.165) is 29.9 Å². The molecule has 0 aromatic heterocycles. The van der Waals surface area contributed by atoms with Gasteiger partial charge in [-0.15, -0.1) is 0 Å². The topological polar surface area (TPSA) is 35.6 Å². The molecule has 1 aromatic carbocycles. The van der Waals surface area contributed by atoms with Crippen LogP contribution in [-0.2, 0) is 0 Å². The Labute approximate surface area is 114 Å². The highest BCUT2D eigenvalue weighted by Crippen LogP contribution is 2.21. The van der Waals surface area contributed by atoms with E-state index in [1.165, 1.54) is 0 Å². The second-order valence-electron chi connectivity index (χ2n) is 5.12. The number of fused-ring (bicyclic) bond motifs is 1. The maximum atomic E-state index is 12.1. The third kappa shape index (κ3) is 3.35. The molecule has 1 aliphatic rings. The zero-order valence-corrected chi connectivity index (χ0v) is 11.8. The lowest BCUT2D eigenvalue weighted by atomic mass is 10.1. The lowest BCUT2D eigenvalue weighted by Crippen LogP contribution is -2.26. The second kappa shape index (κ2) is 5.89. The predicted molar refractivity (Wildman–Crippen MR) is 79.5 cm³/mol. The molecule has 19 heavy (non-hydrogen) atoms. The summed E-state index contributed by atoms with van der Waals surface area (Å²) in [6.45, 7) is 2.54. The van der Waals surface area contributed by atoms with Crippen LogP contribution >= 0.6 is 0 Å². The fourth-order valence-electron chi connectivity index (χ4n) is 2.06. The maximum Gasteiger partial charge on any atom is 0.254 e. The fraction of sp³-hybridized carbons (Fsp3) is 0.400. The molecule has 1 amide bonds. The number of carbonyl (C=O) groups is 1. The quantitative estimate of drug-likeness (QED) is 0.895. The van der Waals surface area contributed by atoms with Gasteiger partial charge in [-0.3, -0.25) is 4.79 Å². The highest BCUT2D eigenvalue weighted by molar-refractivity contribution is 5.99. The summed E-state index contributed by atoms with van der Waals surface area (Å²) in [4.78, 5) is 16.0. The minimum Gasteiger partial charge on any atom is -0.384 e. The molecule has 0 spiro atoms. The van der Waals surface area contributed by atoms with Gasteiger partial charge in [0.05, 0.1) is 0 Å². The first-order valence-corrected chi connectivity index (χ1v) is 6.52. The van der Waals surface area contributed by atoms with Crippen molar-refractivity contribution in [2.75, 3.05) is 46.1 Å². The summed E-state index contributed by atoms with van der Waals surface area (Å²) in [6, 6.07) is 5.92. The number of likely N-dealkylation sites (N-methyl/N-ethyl adjacent to an activating group) is 2. The zero-order chi connectivity index (χ0) is 13.8. The summed E-state index contributed by atoms with van der Waals surface area (Å²) in [5, 5.41) is 3.37. The molecule has 0 saturated heterocycles. The van der Waals surface area contributed by atoms with Gasteiger partial charge < -0.3 is 15.1 Å². The minimum absolute atomic E-state index is 0.0832. The average Bonchev–Trinajstić information content (AvgIpc) is 2.50. The van der Waals surface area contributed by atoms with E-state index in [1.807, 2.05) is 37.4 Å². The number of hydrogen-bond acceptors (Lipinski definition) is 3. The van der Waals surface area contributed by atoms with Crippen molar-refractivity contribution in [2.24, 2.45) is 0 Å². The van der Waals surface area contributed by atoms with Gasteiger partial charge in [-0.05, 0) is 37.9 Å². The Bertz CT molecular complexity index is 494. The van der Waals surface area contributed by atoms with Crippen molar-refractivity contribution in [1.82, 2.24) is 9.80 Å². The monoisotopic (exact) mass is 259 g/mol. The van der Waals surface area contributed by atoms with Crippen molar-refractivity contribution in [1.29, 1.82) is 0 Å². The van der Waals surface area contributed by atoms with Gasteiger partial charge in [0, 0.05) is 37.9 Å². The van der Waals surface area contributed by atoms with Crippen LogP contribution in [0.1, 0.15) is 15.9 Å². The summed E-state index contributed by atoms with van der Waals surface area (Å²) >= 11 is 0. The molecule has 102 valence electrons. The molecule has 0 fully saturated rings. The number of nitrogens with zero attached hydrogens (tertiary/aromatic N) is 2. The molecule has 1 aliphatic heterocycles. The van der Waals surface area contributed by atoms with E-state index >= 15 is 0 Å². The summed E-state index contributed by atoms with van der Waals surface area (Å²) in [6.07, 6.45) is 4.04. The molecule has 4 nitrogen and oxygen atoms in total. The van der Waals surface area contributed by atoms with Crippen molar-refractivity contribution in [3.05, 3.63) is 35.4 Å². The van der Waals surface area contributed by atoms with Crippen LogP contribution in [0.4, 0.5) is 5.69 Å². The van der Waals surface area contributed by atoms with Gasteiger partial charge in [-0.25, -0.2) is 0 Å². The molecule has 0 bridgehead atoms. The van der Waals surface area contributed by atoms with Crippen molar-refractivity contribution in [2.45, 2.75) is 0 Å². The van der Waals surface area contributed by atoms with Gasteiger partial charge in [0.15, 0.2) is 0 Å². The SMILES string of the molecule is CN(C)CCNc1ccc2c(c1)C=CCN(C)C2=O. The zero-order valence-electron chi connectivity index (χ0n) is 11.8. The molecular formula is C15H21N3O. The number of hydrogen-bond donors (Lipinski definition) is 1. The predicted octanol–water partition coefficient (Wildman–Crippen LogP) is 1.76. The van der Waals surface area contributed by atoms with Crippen LogP contribution in [0.25, 0.3) is 6.08 Å². The molecule has 0 unspecified atom stereocenters. The summed E-state index contributed by atoms with van der Waals surface area (Å²) in [7, 11) is 5.93. The third-order valence-corrected chi connectivity index (χ3v) is 3.19. The van der Waals surface area contributed by atoms with Crippen LogP contribution in [0.15, 0.2) is 24.3 Å². The van der Waals surface area contributed by atoms with E-state index in [0.29, 0.717) is 6.54 Å². The molecule has 0 saturated carbocycles. The lowest BCUT2D eigenvalue weighted by Gasteiger charge is -2.15. The first kappa shape index (κ1) is 13.6. The minimum atomic E-state index is 0.0832. The Morgan fingerprint density at radius 1 is 1.37 bits per heavy atom. The van der Waals surface area contributed by atoms with E-state index in [9.17, 15) is 4.79 Å². The first-order valence-electron chi connectivity index (χ1n) is 6.52. The number of anilines is 1. The van der Waals surface area contributed by atoms with Crippen LogP contribution in [0.2, 0.25) is 0 Å². The van der Waals surface area contributed by atoms with Crippen LogP contribution in [0.5, 0.6) is 0 Å². The summed E-state index contributed by atoms with van der Waals surface area (Å²) < 4.78 is 0. The number of benzene rings is 1. The number of amides is 1. The number of nitrogens with one attached hydrogen (secondary N) is 1. The summed E-state index contributed by atoms with van der Waals surface area (Å²) in [5.41, 5.74) is 2.82. The van der Waals surface area contributed by atoms with E-state index < -0.39 is 0 Å². The Kier molecular flexibility index (Phi) is 4.22. The van der Waals surface area contributed by atoms with Gasteiger partial charge in [0.25, 0.3) is 5.91 Å². The van der Waals surface area contributed by atoms with Gasteiger partial charge in [0.2, 0.25) is 0 Å². The van der Waals surface area contributed by atoms with Gasteiger partial charge in [-0.2, -0.15) is 0 Å². The largest absolute Gasteiger partial charge is 0.384 e. The molecular weight excluding hydrogens is 238 g/mol.